The average Bonchev–Trinajstić information content (AvgIpc) is 3.70. The number of nitrogens with zero attached hydrogens (tertiary/aromatic N) is 1. The molecule has 0 amide bonds. The van der Waals surface area contributed by atoms with Gasteiger partial charge in [-0.05, 0) is 68.6 Å². The van der Waals surface area contributed by atoms with Crippen molar-refractivity contribution in [2.45, 2.75) is 0 Å². The predicted octanol–water partition coefficient (Wildman–Crippen LogP) is 12.6. The van der Waals surface area contributed by atoms with Crippen LogP contribution in [0, 0.1) is 0 Å². The topological polar surface area (TPSA) is 20.7 Å². The fraction of sp³-hybridized carbons (Fsp3) is 0. The monoisotopic (exact) mass is 610 g/mol. The maximum Gasteiger partial charge on any atom is 0.0557 e. The van der Waals surface area contributed by atoms with E-state index >= 15 is 0 Å². The number of nitrogens with one attached hydrogen (secondary N) is 1. The summed E-state index contributed by atoms with van der Waals surface area (Å²) in [6, 6.07) is 63.8. The van der Waals surface area contributed by atoms with Crippen molar-refractivity contribution in [3.63, 3.8) is 0 Å². The van der Waals surface area contributed by atoms with Gasteiger partial charge in [0, 0.05) is 38.5 Å². The van der Waals surface area contributed by atoms with Crippen LogP contribution in [0.15, 0.2) is 176 Å². The predicted molar refractivity (Wildman–Crippen MR) is 204 cm³/mol. The van der Waals surface area contributed by atoms with Gasteiger partial charge in [0.2, 0.25) is 0 Å². The van der Waals surface area contributed by atoms with Gasteiger partial charge < -0.3 is 9.55 Å². The Bertz CT molecular complexity index is 2710. The minimum Gasteiger partial charge on any atom is -0.354 e. The number of aromatic amines is 1. The molecule has 10 rings (SSSR count). The molecule has 0 aliphatic heterocycles. The molecule has 8 aromatic carbocycles. The molecule has 0 aliphatic rings. The van der Waals surface area contributed by atoms with Crippen LogP contribution in [-0.4, -0.2) is 9.55 Å². The van der Waals surface area contributed by atoms with Crippen LogP contribution >= 0.6 is 0 Å². The molecule has 2 heteroatoms. The first kappa shape index (κ1) is 26.8. The smallest absolute Gasteiger partial charge is 0.0557 e. The Kier molecular flexibility index (Phi) is 5.91. The van der Waals surface area contributed by atoms with Crippen LogP contribution in [-0.2, 0) is 0 Å². The fourth-order valence-corrected chi connectivity index (χ4v) is 7.92. The third-order valence-corrected chi connectivity index (χ3v) is 9.94. The molecular formula is C46H30N2. The van der Waals surface area contributed by atoms with Crippen molar-refractivity contribution in [2.75, 3.05) is 0 Å². The molecule has 2 heterocycles. The number of H-pyrrole nitrogens is 1. The number of hydrogen-bond donors (Lipinski definition) is 1. The molecule has 224 valence electrons. The van der Waals surface area contributed by atoms with E-state index in [1.165, 1.54) is 76.6 Å². The maximum absolute atomic E-state index is 3.87. The van der Waals surface area contributed by atoms with Gasteiger partial charge >= 0.3 is 0 Å². The molecule has 2 nitrogen and oxygen atoms in total. The van der Waals surface area contributed by atoms with Gasteiger partial charge in [-0.15, -0.1) is 0 Å². The van der Waals surface area contributed by atoms with Gasteiger partial charge in [0.25, 0.3) is 0 Å². The van der Waals surface area contributed by atoms with Crippen LogP contribution < -0.4 is 0 Å². The number of rotatable bonds is 4. The van der Waals surface area contributed by atoms with E-state index in [4.69, 9.17) is 0 Å². The Labute approximate surface area is 278 Å². The summed E-state index contributed by atoms with van der Waals surface area (Å²) < 4.78 is 2.38. The van der Waals surface area contributed by atoms with E-state index in [9.17, 15) is 0 Å². The number of para-hydroxylation sites is 3. The van der Waals surface area contributed by atoms with Crippen molar-refractivity contribution in [1.29, 1.82) is 0 Å². The second-order valence-electron chi connectivity index (χ2n) is 12.5. The largest absolute Gasteiger partial charge is 0.354 e. The number of hydrogen-bond acceptors (Lipinski definition) is 0. The second kappa shape index (κ2) is 10.6. The molecule has 48 heavy (non-hydrogen) atoms. The molecule has 1 N–H and O–H groups in total. The van der Waals surface area contributed by atoms with Gasteiger partial charge in [0.15, 0.2) is 0 Å². The lowest BCUT2D eigenvalue weighted by atomic mass is 9.86. The van der Waals surface area contributed by atoms with Crippen molar-refractivity contribution >= 4 is 54.3 Å². The normalized spacial score (nSPS) is 11.8. The van der Waals surface area contributed by atoms with Crippen LogP contribution in [0.3, 0.4) is 0 Å². The van der Waals surface area contributed by atoms with Crippen LogP contribution in [0.5, 0.6) is 0 Å². The van der Waals surface area contributed by atoms with Gasteiger partial charge in [0.1, 0.15) is 0 Å². The molecule has 0 fully saturated rings. The molecule has 0 radical (unpaired) electrons. The summed E-state index contributed by atoms with van der Waals surface area (Å²) in [5.41, 5.74) is 12.1. The highest BCUT2D eigenvalue weighted by molar-refractivity contribution is 6.23. The third kappa shape index (κ3) is 3.93. The number of benzene rings is 8. The van der Waals surface area contributed by atoms with Gasteiger partial charge in [-0.1, -0.05) is 146 Å². The first-order valence-corrected chi connectivity index (χ1v) is 16.5. The van der Waals surface area contributed by atoms with Crippen molar-refractivity contribution in [1.82, 2.24) is 9.55 Å². The van der Waals surface area contributed by atoms with E-state index in [1.54, 1.807) is 0 Å². The van der Waals surface area contributed by atoms with Gasteiger partial charge in [0.05, 0.1) is 16.7 Å². The maximum atomic E-state index is 3.87. The highest BCUT2D eigenvalue weighted by Gasteiger charge is 2.22. The van der Waals surface area contributed by atoms with Crippen molar-refractivity contribution < 1.29 is 0 Å². The summed E-state index contributed by atoms with van der Waals surface area (Å²) in [4.78, 5) is 3.87. The molecule has 2 aromatic heterocycles. The van der Waals surface area contributed by atoms with Crippen molar-refractivity contribution in [2.24, 2.45) is 0 Å². The zero-order chi connectivity index (χ0) is 31.6. The minimum absolute atomic E-state index is 1.14. The van der Waals surface area contributed by atoms with Crippen LogP contribution in [0.2, 0.25) is 0 Å². The zero-order valence-electron chi connectivity index (χ0n) is 26.2. The number of fused-ring (bicyclic) bond motifs is 6. The summed E-state index contributed by atoms with van der Waals surface area (Å²) in [5, 5.41) is 8.74. The lowest BCUT2D eigenvalue weighted by Crippen LogP contribution is -1.95. The summed E-state index contributed by atoms with van der Waals surface area (Å²) >= 11 is 0. The SMILES string of the molecule is c1ccc(-c2c(-c3c4ccccc4c(-c4ccc(-n5c6ccccc6c6ccccc65)cc4)c4ccccc34)[nH]c3ccccc23)cc1. The van der Waals surface area contributed by atoms with E-state index in [2.05, 4.69) is 185 Å². The summed E-state index contributed by atoms with van der Waals surface area (Å²) in [5.74, 6) is 0. The van der Waals surface area contributed by atoms with E-state index in [0.717, 1.165) is 16.9 Å². The highest BCUT2D eigenvalue weighted by Crippen LogP contribution is 2.47. The standard InChI is InChI=1S/C46H30N2/c1-2-14-30(15-3-1)44-39-22-8-11-23-40(39)47-46(44)45-37-20-6-4-18-35(37)43(36-19-5-7-21-38(36)45)31-26-28-32(29-27-31)48-41-24-12-9-16-33(41)34-17-10-13-25-42(34)48/h1-29,47H. The quantitative estimate of drug-likeness (QED) is 0.191. The lowest BCUT2D eigenvalue weighted by molar-refractivity contribution is 1.18. The zero-order valence-corrected chi connectivity index (χ0v) is 26.2. The van der Waals surface area contributed by atoms with Crippen molar-refractivity contribution in [3.8, 4) is 39.2 Å². The van der Waals surface area contributed by atoms with E-state index in [-0.39, 0.29) is 0 Å². The Hall–Kier alpha value is -6.38. The Morgan fingerprint density at radius 2 is 0.750 bits per heavy atom. The molecule has 0 unspecified atom stereocenters. The molecule has 0 aliphatic carbocycles. The number of aromatic nitrogens is 2. The molecule has 0 spiro atoms. The summed E-state index contributed by atoms with van der Waals surface area (Å²) in [7, 11) is 0. The van der Waals surface area contributed by atoms with E-state index in [1.807, 2.05) is 0 Å². The molecule has 0 saturated heterocycles. The van der Waals surface area contributed by atoms with E-state index in [0.29, 0.717) is 0 Å². The minimum atomic E-state index is 1.14. The first-order valence-electron chi connectivity index (χ1n) is 16.5. The summed E-state index contributed by atoms with van der Waals surface area (Å²) in [6.07, 6.45) is 0. The first-order chi connectivity index (χ1) is 23.8. The highest BCUT2D eigenvalue weighted by atomic mass is 15.0. The molecular weight excluding hydrogens is 581 g/mol. The Morgan fingerprint density at radius 1 is 0.312 bits per heavy atom. The van der Waals surface area contributed by atoms with Crippen LogP contribution in [0.4, 0.5) is 0 Å². The third-order valence-electron chi connectivity index (χ3n) is 9.94. The molecule has 0 atom stereocenters. The van der Waals surface area contributed by atoms with Gasteiger partial charge in [-0.3, -0.25) is 0 Å². The van der Waals surface area contributed by atoms with Crippen LogP contribution in [0.1, 0.15) is 0 Å². The Balaban J connectivity index is 1.23. The van der Waals surface area contributed by atoms with Crippen molar-refractivity contribution in [3.05, 3.63) is 176 Å². The molecule has 10 aromatic rings. The van der Waals surface area contributed by atoms with Gasteiger partial charge in [-0.25, -0.2) is 0 Å². The summed E-state index contributed by atoms with van der Waals surface area (Å²) in [6.45, 7) is 0. The van der Waals surface area contributed by atoms with Gasteiger partial charge in [-0.2, -0.15) is 0 Å². The lowest BCUT2D eigenvalue weighted by Gasteiger charge is -2.18. The molecule has 0 saturated carbocycles. The second-order valence-corrected chi connectivity index (χ2v) is 12.5. The molecule has 0 bridgehead atoms. The Morgan fingerprint density at radius 3 is 1.33 bits per heavy atom. The van der Waals surface area contributed by atoms with Crippen LogP contribution in [0.25, 0.3) is 93.5 Å². The van der Waals surface area contributed by atoms with E-state index < -0.39 is 0 Å². The average molecular weight is 611 g/mol. The fourth-order valence-electron chi connectivity index (χ4n) is 7.92.